The normalized spacial score (nSPS) is 37.7. The Morgan fingerprint density at radius 1 is 1.11 bits per heavy atom. The van der Waals surface area contributed by atoms with Crippen LogP contribution in [0.3, 0.4) is 0 Å². The van der Waals surface area contributed by atoms with E-state index in [2.05, 4.69) is 37.2 Å². The van der Waals surface area contributed by atoms with Crippen molar-refractivity contribution in [2.75, 3.05) is 24.7 Å². The minimum Gasteiger partial charge on any atom is -0.397 e. The smallest absolute Gasteiger partial charge is 0.397 e. The maximum atomic E-state index is 16.1. The van der Waals surface area contributed by atoms with E-state index >= 15 is 4.39 Å². The maximum Gasteiger partial charge on any atom is 0.472 e. The molecule has 0 aromatic carbocycles. The van der Waals surface area contributed by atoms with Gasteiger partial charge in [0.05, 0.1) is 42.9 Å². The van der Waals surface area contributed by atoms with E-state index in [0.29, 0.717) is 11.2 Å². The maximum absolute atomic E-state index is 16.1. The highest BCUT2D eigenvalue weighted by molar-refractivity contribution is 8.60. The van der Waals surface area contributed by atoms with Crippen LogP contribution in [0.15, 0.2) is 29.7 Å². The molecule has 0 spiro atoms. The average Bonchev–Trinajstić information content (AvgIpc) is 3.72. The Bertz CT molecular complexity index is 1950. The predicted octanol–water partition coefficient (Wildman–Crippen LogP) is 1.01. The number of imidazole rings is 2. The molecule has 10 atom stereocenters. The Morgan fingerprint density at radius 3 is 2.67 bits per heavy atom. The molecule has 0 saturated carbocycles. The number of phosphoric ester groups is 1. The van der Waals surface area contributed by atoms with Crippen LogP contribution in [0.1, 0.15) is 11.6 Å². The van der Waals surface area contributed by atoms with Crippen molar-refractivity contribution in [3.63, 3.8) is 0 Å². The van der Waals surface area contributed by atoms with Crippen molar-refractivity contribution in [1.82, 2.24) is 34.1 Å². The van der Waals surface area contributed by atoms with Crippen LogP contribution in [0.5, 0.6) is 0 Å². The number of anilines is 2. The van der Waals surface area contributed by atoms with Crippen LogP contribution < -0.4 is 17.0 Å². The number of thioether (sulfide) groups is 1. The van der Waals surface area contributed by atoms with Gasteiger partial charge < -0.3 is 35.3 Å². The summed E-state index contributed by atoms with van der Waals surface area (Å²) >= 11 is 10.9. The van der Waals surface area contributed by atoms with Crippen molar-refractivity contribution < 1.29 is 41.8 Å². The van der Waals surface area contributed by atoms with Crippen LogP contribution in [0.25, 0.3) is 22.3 Å². The first-order valence-corrected chi connectivity index (χ1v) is 19.3. The molecule has 45 heavy (non-hydrogen) atoms. The Balaban J connectivity index is 1.21. The van der Waals surface area contributed by atoms with E-state index in [9.17, 15) is 19.4 Å². The van der Waals surface area contributed by atoms with Crippen LogP contribution >= 0.6 is 37.5 Å². The molecule has 2 bridgehead atoms. The molecule has 3 aliphatic heterocycles. The van der Waals surface area contributed by atoms with E-state index in [-0.39, 0.29) is 29.4 Å². The second-order valence-corrected chi connectivity index (χ2v) is 18.2. The summed E-state index contributed by atoms with van der Waals surface area (Å²) in [5.74, 6) is -0.195. The first-order valence-electron chi connectivity index (χ1n) is 13.1. The minimum absolute atomic E-state index is 0.0408. The van der Waals surface area contributed by atoms with Gasteiger partial charge in [-0.15, -0.1) is 11.8 Å². The molecule has 3 fully saturated rings. The van der Waals surface area contributed by atoms with Crippen molar-refractivity contribution in [3.05, 3.63) is 35.3 Å². The van der Waals surface area contributed by atoms with Gasteiger partial charge in [0.2, 0.25) is 11.6 Å². The fourth-order valence-electron chi connectivity index (χ4n) is 5.34. The fraction of sp³-hybridized carbons (Fsp3) is 0.476. The van der Waals surface area contributed by atoms with Crippen molar-refractivity contribution in [2.24, 2.45) is 0 Å². The standard InChI is InChI=1S/C21H24FN9O9P2S3/c22-10-14-8(38-19(10)30-5-26-11-7(23)1-2-25-16(11)30)3-36-41(34,35)39-15-13(32)9(4-37-42(43,44)40-14)45-20(15)31-6-27-12-17(31)28-21(24)29-18(12)33/h1-2,5-6,8-10,13-15,19-20,32H,3-4H2,(H2,23,25)(H,34,35)(H,43,44)(H3,24,28,29,33)/t8-,9-,10+,13-,14-,15-,19-,20-/m1/s1. The number of hydrogen-bond donors (Lipinski definition) is 6. The highest BCUT2D eigenvalue weighted by atomic mass is 32.9. The highest BCUT2D eigenvalue weighted by Crippen LogP contribution is 2.60. The number of aromatic amines is 1. The molecule has 7 N–H and O–H groups in total. The molecule has 4 aromatic rings. The molecule has 242 valence electrons. The third-order valence-corrected chi connectivity index (χ3v) is 12.1. The van der Waals surface area contributed by atoms with E-state index in [4.69, 9.17) is 46.1 Å². The second-order valence-electron chi connectivity index (χ2n) is 10.2. The summed E-state index contributed by atoms with van der Waals surface area (Å²) in [4.78, 5) is 42.1. The summed E-state index contributed by atoms with van der Waals surface area (Å²) < 4.78 is 60.4. The Morgan fingerprint density at radius 2 is 1.87 bits per heavy atom. The number of halogens is 1. The third-order valence-electron chi connectivity index (χ3n) is 7.38. The third kappa shape index (κ3) is 5.70. The monoisotopic (exact) mass is 723 g/mol. The van der Waals surface area contributed by atoms with Crippen molar-refractivity contribution in [2.45, 2.75) is 47.4 Å². The number of nitrogens with zero attached hydrogens (tertiary/aromatic N) is 6. The number of nitrogen functional groups attached to an aromatic ring is 2. The summed E-state index contributed by atoms with van der Waals surface area (Å²) in [6.45, 7) is -0.984. The molecule has 0 aliphatic carbocycles. The lowest BCUT2D eigenvalue weighted by molar-refractivity contribution is -0.0486. The quantitative estimate of drug-likeness (QED) is 0.125. The molecular weight excluding hydrogens is 699 g/mol. The number of nitrogens with two attached hydrogens (primary N) is 2. The topological polar surface area (TPSA) is 250 Å². The second kappa shape index (κ2) is 11.5. The molecule has 0 radical (unpaired) electrons. The molecule has 7 rings (SSSR count). The summed E-state index contributed by atoms with van der Waals surface area (Å²) in [6, 6.07) is 1.54. The molecule has 24 heteroatoms. The molecule has 3 aliphatic rings. The molecule has 3 saturated heterocycles. The number of pyridine rings is 1. The van der Waals surface area contributed by atoms with Gasteiger partial charge in [0.15, 0.2) is 29.2 Å². The summed E-state index contributed by atoms with van der Waals surface area (Å²) in [7, 11) is -4.98. The van der Waals surface area contributed by atoms with E-state index in [1.54, 1.807) is 0 Å². The van der Waals surface area contributed by atoms with Gasteiger partial charge in [-0.05, 0) is 17.9 Å². The molecule has 18 nitrogen and oxygen atoms in total. The van der Waals surface area contributed by atoms with Gasteiger partial charge >= 0.3 is 7.82 Å². The number of ether oxygens (including phenoxy) is 1. The van der Waals surface area contributed by atoms with Gasteiger partial charge in [-0.3, -0.25) is 28.0 Å². The molecular formula is C21H24FN9O9P2S3. The molecule has 0 amide bonds. The number of rotatable bonds is 2. The van der Waals surface area contributed by atoms with Gasteiger partial charge in [0.1, 0.15) is 29.2 Å². The number of H-pyrrole nitrogens is 1. The zero-order valence-electron chi connectivity index (χ0n) is 22.5. The summed E-state index contributed by atoms with van der Waals surface area (Å²) in [6.07, 6.45) is -4.94. The SMILES string of the molecule is Nc1nc2c(ncn2[C@@H]2S[C@@H]3COP(=S)(S)O[C@H]4[C@H](F)[C@H](n5cnc6c(N)ccnc65)O[C@@H]4COP(=O)(O)O[C@@H]2[C@@H]3O)c(=O)[nH]1. The number of phosphoric acid groups is 1. The van der Waals surface area contributed by atoms with Crippen LogP contribution in [0.2, 0.25) is 0 Å². The number of nitrogens with one attached hydrogen (secondary N) is 1. The van der Waals surface area contributed by atoms with Gasteiger partial charge in [-0.25, -0.2) is 23.9 Å². The molecule has 2 unspecified atom stereocenters. The van der Waals surface area contributed by atoms with Gasteiger partial charge in [0, 0.05) is 6.20 Å². The van der Waals surface area contributed by atoms with Crippen molar-refractivity contribution in [1.29, 1.82) is 0 Å². The number of aromatic nitrogens is 7. The Hall–Kier alpha value is -2.20. The van der Waals surface area contributed by atoms with E-state index < -0.39 is 73.1 Å². The van der Waals surface area contributed by atoms with E-state index in [1.165, 1.54) is 34.1 Å². The zero-order valence-corrected chi connectivity index (χ0v) is 26.8. The van der Waals surface area contributed by atoms with E-state index in [1.807, 2.05) is 0 Å². The highest BCUT2D eigenvalue weighted by Gasteiger charge is 2.53. The van der Waals surface area contributed by atoms with Gasteiger partial charge in [-0.2, -0.15) is 4.98 Å². The largest absolute Gasteiger partial charge is 0.472 e. The summed E-state index contributed by atoms with van der Waals surface area (Å²) in [5, 5.41) is 9.40. The average molecular weight is 724 g/mol. The summed E-state index contributed by atoms with van der Waals surface area (Å²) in [5.41, 5.74) is 8.39. The van der Waals surface area contributed by atoms with Gasteiger partial charge in [-0.1, -0.05) is 12.2 Å². The number of alkyl halides is 1. The predicted molar refractivity (Wildman–Crippen MR) is 164 cm³/mol. The Kier molecular flexibility index (Phi) is 8.02. The van der Waals surface area contributed by atoms with Crippen LogP contribution in [-0.4, -0.2) is 93.1 Å². The fourth-order valence-corrected chi connectivity index (χ4v) is 9.93. The first kappa shape index (κ1) is 31.4. The lowest BCUT2D eigenvalue weighted by atomic mass is 10.1. The number of thiol groups is 1. The van der Waals surface area contributed by atoms with E-state index in [0.717, 1.165) is 11.8 Å². The van der Waals surface area contributed by atoms with Crippen molar-refractivity contribution >= 4 is 83.3 Å². The Labute approximate surface area is 265 Å². The first-order chi connectivity index (χ1) is 21.3. The lowest BCUT2D eigenvalue weighted by Gasteiger charge is -2.27. The van der Waals surface area contributed by atoms with Crippen LogP contribution in [-0.2, 0) is 39.2 Å². The molecule has 7 heterocycles. The van der Waals surface area contributed by atoms with Crippen LogP contribution in [0, 0.1) is 0 Å². The van der Waals surface area contributed by atoms with Crippen molar-refractivity contribution in [3.8, 4) is 0 Å². The van der Waals surface area contributed by atoms with Gasteiger partial charge in [0.25, 0.3) is 5.56 Å². The number of aliphatic hydroxyl groups excluding tert-OH is 1. The number of aliphatic hydroxyl groups is 1. The number of hydrogen-bond acceptors (Lipinski definition) is 16. The zero-order chi connectivity index (χ0) is 31.8. The van der Waals surface area contributed by atoms with Crippen LogP contribution in [0.4, 0.5) is 16.0 Å². The molecule has 4 aromatic heterocycles. The minimum atomic E-state index is -4.98. The number of fused-ring (bicyclic) bond motifs is 5. The lowest BCUT2D eigenvalue weighted by Crippen LogP contribution is -2.35.